The summed E-state index contributed by atoms with van der Waals surface area (Å²) in [5.41, 5.74) is 2.72. The van der Waals surface area contributed by atoms with E-state index in [0.717, 1.165) is 27.5 Å². The summed E-state index contributed by atoms with van der Waals surface area (Å²) in [4.78, 5) is 11.7. The zero-order chi connectivity index (χ0) is 13.8. The highest BCUT2D eigenvalue weighted by Gasteiger charge is 2.10. The molecular weight excluding hydrogens is 262 g/mol. The van der Waals surface area contributed by atoms with Gasteiger partial charge in [0.15, 0.2) is 0 Å². The standard InChI is InChI=1S/C14H15NO3S/c1-9-12(10(2)18-15-9)8-19-13-6-4-3-5-11(13)7-14(16)17/h3-6H,7-8H2,1-2H3,(H,16,17)/p-1. The van der Waals surface area contributed by atoms with E-state index in [1.54, 1.807) is 11.8 Å². The molecule has 0 radical (unpaired) electrons. The Morgan fingerprint density at radius 1 is 1.37 bits per heavy atom. The summed E-state index contributed by atoms with van der Waals surface area (Å²) in [6, 6.07) is 7.46. The average Bonchev–Trinajstić information content (AvgIpc) is 2.68. The smallest absolute Gasteiger partial charge is 0.137 e. The van der Waals surface area contributed by atoms with Gasteiger partial charge in [-0.05, 0) is 25.5 Å². The van der Waals surface area contributed by atoms with Crippen molar-refractivity contribution in [3.05, 3.63) is 46.8 Å². The fourth-order valence-electron chi connectivity index (χ4n) is 1.80. The summed E-state index contributed by atoms with van der Waals surface area (Å²) in [7, 11) is 0. The Morgan fingerprint density at radius 3 is 2.74 bits per heavy atom. The van der Waals surface area contributed by atoms with Crippen LogP contribution in [-0.2, 0) is 17.0 Å². The fourth-order valence-corrected chi connectivity index (χ4v) is 3.02. The predicted molar refractivity (Wildman–Crippen MR) is 70.7 cm³/mol. The predicted octanol–water partition coefficient (Wildman–Crippen LogP) is 1.88. The Morgan fingerprint density at radius 2 is 2.11 bits per heavy atom. The number of nitrogens with zero attached hydrogens (tertiary/aromatic N) is 1. The molecule has 1 aromatic carbocycles. The van der Waals surface area contributed by atoms with Crippen LogP contribution in [0.3, 0.4) is 0 Å². The van der Waals surface area contributed by atoms with Gasteiger partial charge in [-0.15, -0.1) is 11.8 Å². The van der Waals surface area contributed by atoms with Crippen LogP contribution in [0.15, 0.2) is 33.7 Å². The van der Waals surface area contributed by atoms with Crippen molar-refractivity contribution in [1.29, 1.82) is 0 Å². The zero-order valence-corrected chi connectivity index (χ0v) is 11.6. The molecule has 0 aliphatic rings. The first kappa shape index (κ1) is 13.7. The number of benzene rings is 1. The SMILES string of the molecule is Cc1noc(C)c1CSc1ccccc1CC(=O)[O-]. The molecule has 4 nitrogen and oxygen atoms in total. The van der Waals surface area contributed by atoms with Gasteiger partial charge >= 0.3 is 0 Å². The molecule has 0 aliphatic carbocycles. The molecule has 2 rings (SSSR count). The maximum absolute atomic E-state index is 10.7. The molecule has 2 aromatic rings. The van der Waals surface area contributed by atoms with Crippen molar-refractivity contribution in [2.75, 3.05) is 0 Å². The maximum atomic E-state index is 10.7. The number of carboxylic acids is 1. The van der Waals surface area contributed by atoms with E-state index in [-0.39, 0.29) is 6.42 Å². The van der Waals surface area contributed by atoms with Gasteiger partial charge in [-0.3, -0.25) is 0 Å². The Bertz CT molecular complexity index is 573. The van der Waals surface area contributed by atoms with E-state index in [1.807, 2.05) is 38.1 Å². The third-order valence-corrected chi connectivity index (χ3v) is 4.00. The molecule has 5 heteroatoms. The summed E-state index contributed by atoms with van der Waals surface area (Å²) in [6.07, 6.45) is -0.0647. The number of hydrogen-bond donors (Lipinski definition) is 0. The molecule has 0 aliphatic heterocycles. The number of carbonyl (C=O) groups excluding carboxylic acids is 1. The minimum Gasteiger partial charge on any atom is -0.550 e. The molecule has 0 atom stereocenters. The van der Waals surface area contributed by atoms with Crippen LogP contribution in [0.2, 0.25) is 0 Å². The van der Waals surface area contributed by atoms with Crippen molar-refractivity contribution < 1.29 is 14.4 Å². The van der Waals surface area contributed by atoms with Crippen LogP contribution < -0.4 is 5.11 Å². The summed E-state index contributed by atoms with van der Waals surface area (Å²) < 4.78 is 5.11. The van der Waals surface area contributed by atoms with Gasteiger partial charge in [0.1, 0.15) is 5.76 Å². The van der Waals surface area contributed by atoms with Crippen molar-refractivity contribution in [3.8, 4) is 0 Å². The fraction of sp³-hybridized carbons (Fsp3) is 0.286. The topological polar surface area (TPSA) is 66.2 Å². The number of aromatic nitrogens is 1. The van der Waals surface area contributed by atoms with Gasteiger partial charge in [0.2, 0.25) is 0 Å². The largest absolute Gasteiger partial charge is 0.550 e. The van der Waals surface area contributed by atoms with E-state index in [2.05, 4.69) is 5.16 Å². The van der Waals surface area contributed by atoms with Crippen molar-refractivity contribution in [1.82, 2.24) is 5.16 Å². The molecule has 0 unspecified atom stereocenters. The van der Waals surface area contributed by atoms with E-state index in [1.165, 1.54) is 0 Å². The first-order valence-electron chi connectivity index (χ1n) is 5.90. The molecule has 0 fully saturated rings. The number of aliphatic carboxylic acids is 1. The van der Waals surface area contributed by atoms with E-state index in [0.29, 0.717) is 5.75 Å². The third kappa shape index (κ3) is 3.38. The number of hydrogen-bond acceptors (Lipinski definition) is 5. The molecular formula is C14H14NO3S-. The van der Waals surface area contributed by atoms with Gasteiger partial charge in [-0.2, -0.15) is 0 Å². The van der Waals surface area contributed by atoms with Gasteiger partial charge in [0.05, 0.1) is 5.69 Å². The van der Waals surface area contributed by atoms with E-state index < -0.39 is 5.97 Å². The lowest BCUT2D eigenvalue weighted by Gasteiger charge is -2.09. The van der Waals surface area contributed by atoms with Gasteiger partial charge in [0.25, 0.3) is 0 Å². The quantitative estimate of drug-likeness (QED) is 0.780. The lowest BCUT2D eigenvalue weighted by molar-refractivity contribution is -0.304. The van der Waals surface area contributed by atoms with Crippen LogP contribution in [0.5, 0.6) is 0 Å². The molecule has 0 amide bonds. The van der Waals surface area contributed by atoms with Crippen molar-refractivity contribution >= 4 is 17.7 Å². The lowest BCUT2D eigenvalue weighted by atomic mass is 10.1. The molecule has 0 N–H and O–H groups in total. The molecule has 100 valence electrons. The highest BCUT2D eigenvalue weighted by Crippen LogP contribution is 2.28. The second-order valence-corrected chi connectivity index (χ2v) is 5.27. The van der Waals surface area contributed by atoms with Crippen LogP contribution in [0, 0.1) is 13.8 Å². The summed E-state index contributed by atoms with van der Waals surface area (Å²) in [5.74, 6) is 0.457. The lowest BCUT2D eigenvalue weighted by Crippen LogP contribution is -2.24. The Balaban J connectivity index is 2.13. The van der Waals surface area contributed by atoms with Gasteiger partial charge in [0, 0.05) is 28.6 Å². The minimum atomic E-state index is -1.06. The number of rotatable bonds is 5. The maximum Gasteiger partial charge on any atom is 0.137 e. The van der Waals surface area contributed by atoms with Crippen LogP contribution >= 0.6 is 11.8 Å². The van der Waals surface area contributed by atoms with Crippen LogP contribution in [0.1, 0.15) is 22.6 Å². The van der Waals surface area contributed by atoms with Crippen molar-refractivity contribution in [2.45, 2.75) is 30.9 Å². The van der Waals surface area contributed by atoms with Gasteiger partial charge < -0.3 is 14.4 Å². The number of carbonyl (C=O) groups is 1. The van der Waals surface area contributed by atoms with Crippen LogP contribution in [0.25, 0.3) is 0 Å². The monoisotopic (exact) mass is 276 g/mol. The second-order valence-electron chi connectivity index (χ2n) is 4.25. The highest BCUT2D eigenvalue weighted by molar-refractivity contribution is 7.98. The van der Waals surface area contributed by atoms with Crippen LogP contribution in [-0.4, -0.2) is 11.1 Å². The van der Waals surface area contributed by atoms with Gasteiger partial charge in [-0.25, -0.2) is 0 Å². The zero-order valence-electron chi connectivity index (χ0n) is 10.8. The van der Waals surface area contributed by atoms with Crippen molar-refractivity contribution in [3.63, 3.8) is 0 Å². The molecule has 0 spiro atoms. The first-order chi connectivity index (χ1) is 9.08. The number of aryl methyl sites for hydroxylation is 2. The molecule has 1 aromatic heterocycles. The highest BCUT2D eigenvalue weighted by atomic mass is 32.2. The van der Waals surface area contributed by atoms with Crippen LogP contribution in [0.4, 0.5) is 0 Å². The molecule has 1 heterocycles. The summed E-state index contributed by atoms with van der Waals surface area (Å²) in [6.45, 7) is 3.78. The third-order valence-electron chi connectivity index (χ3n) is 2.86. The average molecular weight is 276 g/mol. The molecule has 0 bridgehead atoms. The normalized spacial score (nSPS) is 10.6. The summed E-state index contributed by atoms with van der Waals surface area (Å²) in [5, 5.41) is 14.6. The van der Waals surface area contributed by atoms with E-state index >= 15 is 0 Å². The summed E-state index contributed by atoms with van der Waals surface area (Å²) >= 11 is 1.58. The molecule has 19 heavy (non-hydrogen) atoms. The second kappa shape index (κ2) is 5.93. The Labute approximate surface area is 115 Å². The van der Waals surface area contributed by atoms with Gasteiger partial charge in [-0.1, -0.05) is 23.4 Å². The molecule has 0 saturated heterocycles. The Hall–Kier alpha value is -1.75. The van der Waals surface area contributed by atoms with E-state index in [4.69, 9.17) is 4.52 Å². The molecule has 0 saturated carbocycles. The minimum absolute atomic E-state index is 0.0647. The van der Waals surface area contributed by atoms with E-state index in [9.17, 15) is 9.90 Å². The van der Waals surface area contributed by atoms with Crippen molar-refractivity contribution in [2.24, 2.45) is 0 Å². The number of thioether (sulfide) groups is 1. The number of carboxylic acid groups (broad SMARTS) is 1. The first-order valence-corrected chi connectivity index (χ1v) is 6.88. The Kier molecular flexibility index (Phi) is 4.27.